The lowest BCUT2D eigenvalue weighted by Crippen LogP contribution is -2.26. The molecule has 1 fully saturated rings. The third kappa shape index (κ3) is 1.93. The Hall–Kier alpha value is -0.120. The fraction of sp³-hybridized carbons (Fsp3) is 0.833. The molecule has 0 aromatic heterocycles. The lowest BCUT2D eigenvalue weighted by atomic mass is 10.3. The number of hydrogen-bond acceptors (Lipinski definition) is 3. The summed E-state index contributed by atoms with van der Waals surface area (Å²) in [5.41, 5.74) is 0. The highest BCUT2D eigenvalue weighted by Gasteiger charge is 2.18. The first-order valence-corrected chi connectivity index (χ1v) is 3.13. The van der Waals surface area contributed by atoms with Crippen LogP contribution in [0.4, 0.5) is 0 Å². The molecule has 1 radical (unpaired) electrons. The van der Waals surface area contributed by atoms with Crippen molar-refractivity contribution in [3.63, 3.8) is 0 Å². The first-order chi connectivity index (χ1) is 4.30. The Balaban J connectivity index is 2.23. The molecule has 1 rings (SSSR count). The molecule has 53 valence electrons. The van der Waals surface area contributed by atoms with Gasteiger partial charge >= 0.3 is 0 Å². The second-order valence-corrected chi connectivity index (χ2v) is 2.30. The van der Waals surface area contributed by atoms with Crippen LogP contribution in [0.15, 0.2) is 0 Å². The lowest BCUT2D eigenvalue weighted by molar-refractivity contribution is -0.324. The number of nitrogens with zero attached hydrogens (tertiary/aromatic N) is 1. The number of rotatable bonds is 1. The Morgan fingerprint density at radius 3 is 2.56 bits per heavy atom. The maximum atomic E-state index is 4.88. The van der Waals surface area contributed by atoms with Gasteiger partial charge in [0, 0.05) is 6.42 Å². The van der Waals surface area contributed by atoms with E-state index in [-0.39, 0.29) is 0 Å². The number of hydrogen-bond donors (Lipinski definition) is 0. The molecule has 3 heteroatoms. The molecule has 1 aliphatic heterocycles. The van der Waals surface area contributed by atoms with Crippen molar-refractivity contribution in [3.05, 3.63) is 6.23 Å². The molecule has 0 spiro atoms. The normalized spacial score (nSPS) is 23.0. The molecule has 0 aromatic carbocycles. The average molecular weight is 130 g/mol. The van der Waals surface area contributed by atoms with E-state index in [4.69, 9.17) is 9.78 Å². The predicted octanol–water partition coefficient (Wildman–Crippen LogP) is 0.779. The van der Waals surface area contributed by atoms with Crippen LogP contribution in [0, 0.1) is 6.23 Å². The van der Waals surface area contributed by atoms with Crippen molar-refractivity contribution < 1.29 is 9.78 Å². The molecule has 0 bridgehead atoms. The monoisotopic (exact) mass is 130 g/mol. The SMILES string of the molecule is CN(C)[C]1CCCOO1. The van der Waals surface area contributed by atoms with Crippen LogP contribution in [0.2, 0.25) is 0 Å². The summed E-state index contributed by atoms with van der Waals surface area (Å²) in [5.74, 6) is 0. The van der Waals surface area contributed by atoms with Gasteiger partial charge in [-0.3, -0.25) is 4.90 Å². The highest BCUT2D eigenvalue weighted by molar-refractivity contribution is 4.74. The van der Waals surface area contributed by atoms with Crippen molar-refractivity contribution in [2.45, 2.75) is 12.8 Å². The second kappa shape index (κ2) is 3.15. The van der Waals surface area contributed by atoms with E-state index < -0.39 is 0 Å². The summed E-state index contributed by atoms with van der Waals surface area (Å²) in [6, 6.07) is 0. The van der Waals surface area contributed by atoms with Gasteiger partial charge in [0.15, 0.2) is 0 Å². The van der Waals surface area contributed by atoms with Crippen molar-refractivity contribution in [3.8, 4) is 0 Å². The van der Waals surface area contributed by atoms with Crippen molar-refractivity contribution in [2.75, 3.05) is 20.7 Å². The van der Waals surface area contributed by atoms with Gasteiger partial charge in [-0.25, -0.2) is 9.78 Å². The van der Waals surface area contributed by atoms with Crippen molar-refractivity contribution in [2.24, 2.45) is 0 Å². The first-order valence-electron chi connectivity index (χ1n) is 3.13. The molecule has 0 unspecified atom stereocenters. The van der Waals surface area contributed by atoms with E-state index in [1.54, 1.807) is 0 Å². The van der Waals surface area contributed by atoms with Gasteiger partial charge < -0.3 is 0 Å². The van der Waals surface area contributed by atoms with Gasteiger partial charge in [0.25, 0.3) is 0 Å². The molecule has 0 amide bonds. The molecule has 3 nitrogen and oxygen atoms in total. The van der Waals surface area contributed by atoms with E-state index in [0.717, 1.165) is 25.7 Å². The average Bonchev–Trinajstić information content (AvgIpc) is 1.90. The topological polar surface area (TPSA) is 21.7 Å². The van der Waals surface area contributed by atoms with Crippen LogP contribution in [0.1, 0.15) is 12.8 Å². The van der Waals surface area contributed by atoms with E-state index in [9.17, 15) is 0 Å². The van der Waals surface area contributed by atoms with Crippen LogP contribution in [0.3, 0.4) is 0 Å². The van der Waals surface area contributed by atoms with E-state index in [1.807, 2.05) is 19.0 Å². The quantitative estimate of drug-likeness (QED) is 0.489. The van der Waals surface area contributed by atoms with Crippen LogP contribution in [0.5, 0.6) is 0 Å². The largest absolute Gasteiger partial charge is 0.276 e. The van der Waals surface area contributed by atoms with Crippen LogP contribution in [-0.4, -0.2) is 25.6 Å². The molecular formula is C6H12NO2. The minimum atomic E-state index is 0.720. The summed E-state index contributed by atoms with van der Waals surface area (Å²) in [6.45, 7) is 0.720. The highest BCUT2D eigenvalue weighted by Crippen LogP contribution is 2.18. The fourth-order valence-corrected chi connectivity index (χ4v) is 0.732. The minimum Gasteiger partial charge on any atom is -0.276 e. The summed E-state index contributed by atoms with van der Waals surface area (Å²) in [6.07, 6.45) is 2.97. The van der Waals surface area contributed by atoms with Gasteiger partial charge in [0.2, 0.25) is 6.23 Å². The molecule has 0 aromatic rings. The van der Waals surface area contributed by atoms with E-state index >= 15 is 0 Å². The zero-order chi connectivity index (χ0) is 6.69. The highest BCUT2D eigenvalue weighted by atomic mass is 17.2. The smallest absolute Gasteiger partial charge is 0.202 e. The van der Waals surface area contributed by atoms with Gasteiger partial charge in [0.05, 0.1) is 6.61 Å². The van der Waals surface area contributed by atoms with E-state index in [2.05, 4.69) is 0 Å². The summed E-state index contributed by atoms with van der Waals surface area (Å²) < 4.78 is 0. The third-order valence-electron chi connectivity index (χ3n) is 1.27. The Bertz CT molecular complexity index is 79.1. The maximum Gasteiger partial charge on any atom is 0.202 e. The molecule has 0 aliphatic carbocycles. The predicted molar refractivity (Wildman–Crippen MR) is 33.2 cm³/mol. The molecule has 0 saturated carbocycles. The van der Waals surface area contributed by atoms with E-state index in [0.29, 0.717) is 0 Å². The standard InChI is InChI=1S/C6H12NO2/c1-7(2)6-4-3-5-8-9-6/h3-5H2,1-2H3. The van der Waals surface area contributed by atoms with Gasteiger partial charge in [-0.15, -0.1) is 0 Å². The zero-order valence-corrected chi connectivity index (χ0v) is 5.89. The van der Waals surface area contributed by atoms with Crippen molar-refractivity contribution in [1.82, 2.24) is 4.90 Å². The molecule has 9 heavy (non-hydrogen) atoms. The Labute approximate surface area is 55.5 Å². The van der Waals surface area contributed by atoms with Crippen LogP contribution < -0.4 is 0 Å². The van der Waals surface area contributed by atoms with Crippen molar-refractivity contribution in [1.29, 1.82) is 0 Å². The second-order valence-electron chi connectivity index (χ2n) is 2.30. The molecular weight excluding hydrogens is 118 g/mol. The van der Waals surface area contributed by atoms with Gasteiger partial charge in [-0.05, 0) is 20.5 Å². The van der Waals surface area contributed by atoms with Gasteiger partial charge in [-0.2, -0.15) is 0 Å². The third-order valence-corrected chi connectivity index (χ3v) is 1.27. The summed E-state index contributed by atoms with van der Waals surface area (Å²) in [5, 5.41) is 0. The maximum absolute atomic E-state index is 4.88. The Morgan fingerprint density at radius 2 is 2.22 bits per heavy atom. The first kappa shape index (κ1) is 6.99. The molecule has 0 atom stereocenters. The molecule has 1 aliphatic rings. The fourth-order valence-electron chi connectivity index (χ4n) is 0.732. The zero-order valence-electron chi connectivity index (χ0n) is 5.89. The molecule has 0 N–H and O–H groups in total. The van der Waals surface area contributed by atoms with Gasteiger partial charge in [-0.1, -0.05) is 0 Å². The van der Waals surface area contributed by atoms with Crippen molar-refractivity contribution >= 4 is 0 Å². The van der Waals surface area contributed by atoms with Crippen LogP contribution >= 0.6 is 0 Å². The van der Waals surface area contributed by atoms with Crippen LogP contribution in [-0.2, 0) is 9.78 Å². The summed E-state index contributed by atoms with van der Waals surface area (Å²) >= 11 is 0. The summed E-state index contributed by atoms with van der Waals surface area (Å²) in [4.78, 5) is 11.6. The Morgan fingerprint density at radius 1 is 1.44 bits per heavy atom. The Kier molecular flexibility index (Phi) is 2.45. The minimum absolute atomic E-state index is 0.720. The molecule has 1 saturated heterocycles. The van der Waals surface area contributed by atoms with Gasteiger partial charge in [0.1, 0.15) is 0 Å². The van der Waals surface area contributed by atoms with E-state index in [1.165, 1.54) is 0 Å². The summed E-state index contributed by atoms with van der Waals surface area (Å²) in [7, 11) is 3.90. The molecule has 1 heterocycles. The lowest BCUT2D eigenvalue weighted by Gasteiger charge is -2.24. The van der Waals surface area contributed by atoms with Crippen LogP contribution in [0.25, 0.3) is 0 Å².